The van der Waals surface area contributed by atoms with Crippen LogP contribution in [0.15, 0.2) is 30.3 Å². The summed E-state index contributed by atoms with van der Waals surface area (Å²) in [6.07, 6.45) is 4.61. The number of hydrogen-bond donors (Lipinski definition) is 1. The lowest BCUT2D eigenvalue weighted by molar-refractivity contribution is 0.163. The number of piperidine rings is 1. The third-order valence-electron chi connectivity index (χ3n) is 4.34. The van der Waals surface area contributed by atoms with Crippen LogP contribution in [0.1, 0.15) is 31.7 Å². The second kappa shape index (κ2) is 6.49. The van der Waals surface area contributed by atoms with Crippen LogP contribution in [0.5, 0.6) is 0 Å². The zero-order valence-electron chi connectivity index (χ0n) is 11.8. The maximum absolute atomic E-state index is 5.84. The smallest absolute Gasteiger partial charge is 0.0788 e. The Balaban J connectivity index is 1.70. The van der Waals surface area contributed by atoms with E-state index in [1.807, 2.05) is 0 Å². The number of rotatable bonds is 5. The topological polar surface area (TPSA) is 29.3 Å². The summed E-state index contributed by atoms with van der Waals surface area (Å²) in [5.74, 6) is 0. The molecule has 1 fully saturated rings. The van der Waals surface area contributed by atoms with Gasteiger partial charge in [0, 0.05) is 5.41 Å². The van der Waals surface area contributed by atoms with Crippen LogP contribution in [0.3, 0.4) is 0 Å². The van der Waals surface area contributed by atoms with Gasteiger partial charge in [-0.1, -0.05) is 49.5 Å². The van der Waals surface area contributed by atoms with Gasteiger partial charge in [-0.3, -0.25) is 0 Å². The lowest BCUT2D eigenvalue weighted by Gasteiger charge is -2.38. The number of likely N-dealkylation sites (tertiary alicyclic amines) is 1. The normalized spacial score (nSPS) is 19.2. The van der Waals surface area contributed by atoms with Crippen molar-refractivity contribution < 1.29 is 0 Å². The zero-order chi connectivity index (χ0) is 13.7. The van der Waals surface area contributed by atoms with Crippen molar-refractivity contribution in [3.05, 3.63) is 35.9 Å². The molecule has 0 aromatic heterocycles. The van der Waals surface area contributed by atoms with Crippen LogP contribution in [-0.2, 0) is 6.42 Å². The van der Waals surface area contributed by atoms with Crippen LogP contribution >= 0.6 is 12.2 Å². The number of nitrogens with zero attached hydrogens (tertiary/aromatic N) is 1. The van der Waals surface area contributed by atoms with E-state index in [0.717, 1.165) is 25.9 Å². The van der Waals surface area contributed by atoms with Gasteiger partial charge in [-0.15, -0.1) is 0 Å². The first kappa shape index (κ1) is 14.5. The van der Waals surface area contributed by atoms with E-state index in [-0.39, 0.29) is 5.41 Å². The van der Waals surface area contributed by atoms with Gasteiger partial charge in [0.25, 0.3) is 0 Å². The average Bonchev–Trinajstić information content (AvgIpc) is 2.42. The summed E-state index contributed by atoms with van der Waals surface area (Å²) < 4.78 is 0. The Morgan fingerprint density at radius 2 is 1.89 bits per heavy atom. The third-order valence-corrected chi connectivity index (χ3v) is 4.83. The number of hydrogen-bond acceptors (Lipinski definition) is 2. The van der Waals surface area contributed by atoms with E-state index in [0.29, 0.717) is 4.99 Å². The Bertz CT molecular complexity index is 408. The van der Waals surface area contributed by atoms with E-state index in [1.54, 1.807) is 0 Å². The van der Waals surface area contributed by atoms with Gasteiger partial charge >= 0.3 is 0 Å². The molecule has 104 valence electrons. The van der Waals surface area contributed by atoms with Crippen molar-refractivity contribution in [1.29, 1.82) is 0 Å². The van der Waals surface area contributed by atoms with Crippen molar-refractivity contribution in [2.24, 2.45) is 11.1 Å². The Hall–Kier alpha value is -0.930. The minimum absolute atomic E-state index is 0.0886. The fraction of sp³-hybridized carbons (Fsp3) is 0.562. The van der Waals surface area contributed by atoms with E-state index < -0.39 is 0 Å². The molecule has 0 unspecified atom stereocenters. The molecule has 1 saturated heterocycles. The summed E-state index contributed by atoms with van der Waals surface area (Å²) in [7, 11) is 0. The van der Waals surface area contributed by atoms with Crippen LogP contribution in [-0.4, -0.2) is 29.5 Å². The molecule has 0 amide bonds. The summed E-state index contributed by atoms with van der Waals surface area (Å²) >= 11 is 5.18. The van der Waals surface area contributed by atoms with Gasteiger partial charge in [0.2, 0.25) is 0 Å². The number of thiocarbonyl (C=S) groups is 1. The molecule has 2 N–H and O–H groups in total. The van der Waals surface area contributed by atoms with Gasteiger partial charge in [-0.2, -0.15) is 0 Å². The van der Waals surface area contributed by atoms with Crippen LogP contribution in [0, 0.1) is 5.41 Å². The molecule has 3 heteroatoms. The van der Waals surface area contributed by atoms with Crippen molar-refractivity contribution in [3.63, 3.8) is 0 Å². The molecule has 0 aliphatic carbocycles. The predicted octanol–water partition coefficient (Wildman–Crippen LogP) is 3.01. The summed E-state index contributed by atoms with van der Waals surface area (Å²) in [5, 5.41) is 0. The highest BCUT2D eigenvalue weighted by atomic mass is 32.1. The third kappa shape index (κ3) is 4.02. The first-order valence-corrected chi connectivity index (χ1v) is 7.57. The molecule has 19 heavy (non-hydrogen) atoms. The van der Waals surface area contributed by atoms with E-state index in [1.165, 1.54) is 24.9 Å². The summed E-state index contributed by atoms with van der Waals surface area (Å²) in [5.41, 5.74) is 7.36. The van der Waals surface area contributed by atoms with E-state index in [4.69, 9.17) is 18.0 Å². The maximum atomic E-state index is 5.84. The Morgan fingerprint density at radius 1 is 1.26 bits per heavy atom. The van der Waals surface area contributed by atoms with E-state index >= 15 is 0 Å². The van der Waals surface area contributed by atoms with Crippen molar-refractivity contribution in [3.8, 4) is 0 Å². The minimum Gasteiger partial charge on any atom is -0.393 e. The van der Waals surface area contributed by atoms with E-state index in [9.17, 15) is 0 Å². The fourth-order valence-corrected chi connectivity index (χ4v) is 2.87. The lowest BCUT2D eigenvalue weighted by Crippen LogP contribution is -2.44. The standard InChI is InChI=1S/C16H24N2S/c1-16(15(17)19)9-12-18(13-10-16)11-5-8-14-6-3-2-4-7-14/h2-4,6-7H,5,8-13H2,1H3,(H2,17,19). The molecule has 1 aliphatic heterocycles. The number of benzene rings is 1. The second-order valence-electron chi connectivity index (χ2n) is 5.86. The summed E-state index contributed by atoms with van der Waals surface area (Å²) in [4.78, 5) is 3.24. The van der Waals surface area contributed by atoms with Gasteiger partial charge in [-0.05, 0) is 50.9 Å². The fourth-order valence-electron chi connectivity index (χ4n) is 2.67. The van der Waals surface area contributed by atoms with E-state index in [2.05, 4.69) is 42.2 Å². The molecular weight excluding hydrogens is 252 g/mol. The predicted molar refractivity (Wildman–Crippen MR) is 85.3 cm³/mol. The van der Waals surface area contributed by atoms with Crippen molar-refractivity contribution in [2.75, 3.05) is 19.6 Å². The van der Waals surface area contributed by atoms with Gasteiger partial charge < -0.3 is 10.6 Å². The molecule has 1 heterocycles. The van der Waals surface area contributed by atoms with Gasteiger partial charge in [0.1, 0.15) is 0 Å². The van der Waals surface area contributed by atoms with Gasteiger partial charge in [-0.25, -0.2) is 0 Å². The second-order valence-corrected chi connectivity index (χ2v) is 6.30. The van der Waals surface area contributed by atoms with Crippen molar-refractivity contribution in [1.82, 2.24) is 4.90 Å². The molecule has 0 atom stereocenters. The Kier molecular flexibility index (Phi) is 4.94. The zero-order valence-corrected chi connectivity index (χ0v) is 12.6. The molecule has 1 aromatic carbocycles. The van der Waals surface area contributed by atoms with Crippen LogP contribution in [0.2, 0.25) is 0 Å². The molecule has 0 spiro atoms. The average molecular weight is 276 g/mol. The highest BCUT2D eigenvalue weighted by Gasteiger charge is 2.32. The van der Waals surface area contributed by atoms with Gasteiger partial charge in [0.05, 0.1) is 4.99 Å². The lowest BCUT2D eigenvalue weighted by atomic mass is 9.80. The molecule has 1 aliphatic rings. The van der Waals surface area contributed by atoms with Crippen LogP contribution < -0.4 is 5.73 Å². The van der Waals surface area contributed by atoms with Gasteiger partial charge in [0.15, 0.2) is 0 Å². The molecule has 1 aromatic rings. The first-order valence-electron chi connectivity index (χ1n) is 7.16. The summed E-state index contributed by atoms with van der Waals surface area (Å²) in [6.45, 7) is 5.64. The Labute approximate surface area is 122 Å². The quantitative estimate of drug-likeness (QED) is 0.838. The summed E-state index contributed by atoms with van der Waals surface area (Å²) in [6, 6.07) is 10.7. The largest absolute Gasteiger partial charge is 0.393 e. The molecule has 2 nitrogen and oxygen atoms in total. The van der Waals surface area contributed by atoms with Crippen molar-refractivity contribution in [2.45, 2.75) is 32.6 Å². The SMILES string of the molecule is CC1(C(N)=S)CCN(CCCc2ccccc2)CC1. The number of aryl methyl sites for hydroxylation is 1. The molecule has 0 bridgehead atoms. The van der Waals surface area contributed by atoms with Crippen LogP contribution in [0.4, 0.5) is 0 Å². The first-order chi connectivity index (χ1) is 9.10. The van der Waals surface area contributed by atoms with Crippen LogP contribution in [0.25, 0.3) is 0 Å². The highest BCUT2D eigenvalue weighted by Crippen LogP contribution is 2.31. The molecule has 0 radical (unpaired) electrons. The molecule has 0 saturated carbocycles. The minimum atomic E-state index is 0.0886. The van der Waals surface area contributed by atoms with Crippen molar-refractivity contribution >= 4 is 17.2 Å². The molecular formula is C16H24N2S. The maximum Gasteiger partial charge on any atom is 0.0788 e. The highest BCUT2D eigenvalue weighted by molar-refractivity contribution is 7.80. The number of nitrogens with two attached hydrogens (primary N) is 1. The Morgan fingerprint density at radius 3 is 2.47 bits per heavy atom. The molecule has 2 rings (SSSR count). The monoisotopic (exact) mass is 276 g/mol.